The first-order valence-corrected chi connectivity index (χ1v) is 13.0. The average Bonchev–Trinajstić information content (AvgIpc) is 3.23. The van der Waals surface area contributed by atoms with E-state index in [4.69, 9.17) is 4.98 Å². The van der Waals surface area contributed by atoms with E-state index in [0.717, 1.165) is 40.2 Å². The van der Waals surface area contributed by atoms with Crippen LogP contribution in [0.4, 0.5) is 0 Å². The molecule has 160 valence electrons. The fraction of sp³-hybridized carbons (Fsp3) is 0.609. The van der Waals surface area contributed by atoms with Crippen LogP contribution in [0.15, 0.2) is 16.5 Å². The molecule has 1 saturated carbocycles. The molecule has 2 aliphatic rings. The molecular formula is C23H30N4OS2. The van der Waals surface area contributed by atoms with Gasteiger partial charge in [-0.05, 0) is 51.5 Å². The van der Waals surface area contributed by atoms with Gasteiger partial charge in [0.25, 0.3) is 5.56 Å². The average molecular weight is 443 g/mol. The summed E-state index contributed by atoms with van der Waals surface area (Å²) in [6.45, 7) is 4.04. The van der Waals surface area contributed by atoms with Crippen LogP contribution in [0, 0.1) is 6.92 Å². The van der Waals surface area contributed by atoms with Gasteiger partial charge in [0, 0.05) is 22.3 Å². The molecule has 0 aliphatic heterocycles. The highest BCUT2D eigenvalue weighted by atomic mass is 32.1. The van der Waals surface area contributed by atoms with Gasteiger partial charge in [0.05, 0.1) is 28.5 Å². The Morgan fingerprint density at radius 3 is 2.70 bits per heavy atom. The summed E-state index contributed by atoms with van der Waals surface area (Å²) < 4.78 is 1.76. The molecule has 0 aromatic carbocycles. The maximum Gasteiger partial charge on any atom is 0.262 e. The first-order chi connectivity index (χ1) is 14.6. The Hall–Kier alpha value is -1.57. The number of aromatic nitrogens is 3. The lowest BCUT2D eigenvalue weighted by Crippen LogP contribution is -2.41. The largest absolute Gasteiger partial charge is 0.311 e. The van der Waals surface area contributed by atoms with Gasteiger partial charge in [-0.25, -0.2) is 9.97 Å². The second-order valence-corrected chi connectivity index (χ2v) is 11.0. The Kier molecular flexibility index (Phi) is 5.77. The molecular weight excluding hydrogens is 412 g/mol. The summed E-state index contributed by atoms with van der Waals surface area (Å²) in [5, 5.41) is 7.87. The highest BCUT2D eigenvalue weighted by Gasteiger charge is 2.27. The van der Waals surface area contributed by atoms with Gasteiger partial charge in [0.1, 0.15) is 4.83 Å². The van der Waals surface area contributed by atoms with Crippen LogP contribution in [-0.4, -0.2) is 26.6 Å². The molecule has 0 spiro atoms. The van der Waals surface area contributed by atoms with Gasteiger partial charge in [-0.1, -0.05) is 25.7 Å². The molecule has 30 heavy (non-hydrogen) atoms. The lowest BCUT2D eigenvalue weighted by Gasteiger charge is -2.28. The van der Waals surface area contributed by atoms with E-state index in [-0.39, 0.29) is 11.6 Å². The van der Waals surface area contributed by atoms with E-state index < -0.39 is 0 Å². The highest BCUT2D eigenvalue weighted by Crippen LogP contribution is 2.34. The third kappa shape index (κ3) is 3.87. The minimum absolute atomic E-state index is 0.0887. The standard InChI is InChI=1S/C23H30N4OS2/c1-14(19-12-29-15(2)25-19)27-13-24-22-21(23(27)28)18-10-9-17(11-20(18)30-22)26-16-7-5-3-4-6-8-16/h12-14,16-17,26H,3-11H2,1-2H3/t14-,17-/m0/s1. The van der Waals surface area contributed by atoms with Gasteiger partial charge in [-0.2, -0.15) is 0 Å². The van der Waals surface area contributed by atoms with E-state index in [2.05, 4.69) is 10.3 Å². The number of rotatable bonds is 4. The Morgan fingerprint density at radius 1 is 1.17 bits per heavy atom. The van der Waals surface area contributed by atoms with Gasteiger partial charge in [0.2, 0.25) is 0 Å². The summed E-state index contributed by atoms with van der Waals surface area (Å²) in [6.07, 6.45) is 13.0. The van der Waals surface area contributed by atoms with Crippen molar-refractivity contribution >= 4 is 32.9 Å². The third-order valence-electron chi connectivity index (χ3n) is 6.80. The summed E-state index contributed by atoms with van der Waals surface area (Å²) in [5.74, 6) is 0. The molecule has 3 aromatic heterocycles. The van der Waals surface area contributed by atoms with Crippen LogP contribution in [0.25, 0.3) is 10.2 Å². The van der Waals surface area contributed by atoms with Crippen LogP contribution in [-0.2, 0) is 12.8 Å². The topological polar surface area (TPSA) is 59.8 Å². The molecule has 0 amide bonds. The molecule has 0 unspecified atom stereocenters. The number of thiophene rings is 1. The van der Waals surface area contributed by atoms with Gasteiger partial charge in [0.15, 0.2) is 0 Å². The number of hydrogen-bond donors (Lipinski definition) is 1. The van der Waals surface area contributed by atoms with Crippen LogP contribution in [0.3, 0.4) is 0 Å². The van der Waals surface area contributed by atoms with Gasteiger partial charge < -0.3 is 5.32 Å². The van der Waals surface area contributed by atoms with Crippen LogP contribution < -0.4 is 10.9 Å². The van der Waals surface area contributed by atoms with E-state index in [1.807, 2.05) is 19.2 Å². The molecule has 0 radical (unpaired) electrons. The summed E-state index contributed by atoms with van der Waals surface area (Å²) in [6, 6.07) is 1.11. The normalized spacial score (nSPS) is 21.5. The van der Waals surface area contributed by atoms with Crippen LogP contribution in [0.2, 0.25) is 0 Å². The van der Waals surface area contributed by atoms with Crippen molar-refractivity contribution in [1.29, 1.82) is 0 Å². The number of aryl methyl sites for hydroxylation is 2. The molecule has 1 fully saturated rings. The van der Waals surface area contributed by atoms with Gasteiger partial charge >= 0.3 is 0 Å². The lowest BCUT2D eigenvalue weighted by molar-refractivity contribution is 0.369. The van der Waals surface area contributed by atoms with Crippen molar-refractivity contribution in [3.63, 3.8) is 0 Å². The monoisotopic (exact) mass is 442 g/mol. The van der Waals surface area contributed by atoms with Crippen molar-refractivity contribution in [2.45, 2.75) is 89.8 Å². The van der Waals surface area contributed by atoms with Crippen molar-refractivity contribution in [2.24, 2.45) is 0 Å². The summed E-state index contributed by atoms with van der Waals surface area (Å²) in [5.41, 5.74) is 2.28. The van der Waals surface area contributed by atoms with Crippen LogP contribution >= 0.6 is 22.7 Å². The van der Waals surface area contributed by atoms with Crippen molar-refractivity contribution in [2.75, 3.05) is 0 Å². The van der Waals surface area contributed by atoms with Crippen molar-refractivity contribution in [1.82, 2.24) is 19.9 Å². The lowest BCUT2D eigenvalue weighted by atomic mass is 9.92. The van der Waals surface area contributed by atoms with Crippen molar-refractivity contribution < 1.29 is 0 Å². The second kappa shape index (κ2) is 8.52. The van der Waals surface area contributed by atoms with E-state index in [0.29, 0.717) is 12.1 Å². The SMILES string of the molecule is Cc1nc([C@H](C)n2cnc3sc4c(c3c2=O)CC[C@H](NC2CCCCCC2)C4)cs1. The number of hydrogen-bond acceptors (Lipinski definition) is 6. The number of nitrogens with one attached hydrogen (secondary N) is 1. The first kappa shape index (κ1) is 20.3. The van der Waals surface area contributed by atoms with Crippen LogP contribution in [0.5, 0.6) is 0 Å². The highest BCUT2D eigenvalue weighted by molar-refractivity contribution is 7.18. The molecule has 0 bridgehead atoms. The van der Waals surface area contributed by atoms with Crippen LogP contribution in [0.1, 0.15) is 79.1 Å². The molecule has 3 aromatic rings. The predicted molar refractivity (Wildman–Crippen MR) is 125 cm³/mol. The fourth-order valence-electron chi connectivity index (χ4n) is 5.09. The summed E-state index contributed by atoms with van der Waals surface area (Å²) in [7, 11) is 0. The smallest absolute Gasteiger partial charge is 0.262 e. The molecule has 5 nitrogen and oxygen atoms in total. The third-order valence-corrected chi connectivity index (χ3v) is 8.76. The predicted octanol–water partition coefficient (Wildman–Crippen LogP) is 5.00. The second-order valence-electron chi connectivity index (χ2n) is 8.90. The van der Waals surface area contributed by atoms with E-state index >= 15 is 0 Å². The molecule has 2 aliphatic carbocycles. The van der Waals surface area contributed by atoms with E-state index in [1.165, 1.54) is 49.0 Å². The maximum absolute atomic E-state index is 13.4. The summed E-state index contributed by atoms with van der Waals surface area (Å²) >= 11 is 3.35. The number of fused-ring (bicyclic) bond motifs is 3. The van der Waals surface area contributed by atoms with E-state index in [9.17, 15) is 4.79 Å². The summed E-state index contributed by atoms with van der Waals surface area (Å²) in [4.78, 5) is 24.9. The zero-order valence-corrected chi connectivity index (χ0v) is 19.5. The molecule has 7 heteroatoms. The van der Waals surface area contributed by atoms with E-state index in [1.54, 1.807) is 33.6 Å². The minimum Gasteiger partial charge on any atom is -0.311 e. The molecule has 0 saturated heterocycles. The Labute approximate surface area is 185 Å². The number of thiazole rings is 1. The minimum atomic E-state index is -0.0943. The maximum atomic E-state index is 13.4. The van der Waals surface area contributed by atoms with Gasteiger partial charge in [-0.3, -0.25) is 9.36 Å². The Bertz CT molecular complexity index is 1090. The zero-order valence-electron chi connectivity index (χ0n) is 17.8. The zero-order chi connectivity index (χ0) is 20.7. The Balaban J connectivity index is 1.41. The van der Waals surface area contributed by atoms with Crippen molar-refractivity contribution in [3.05, 3.63) is 43.2 Å². The molecule has 5 rings (SSSR count). The van der Waals surface area contributed by atoms with Crippen molar-refractivity contribution in [3.8, 4) is 0 Å². The van der Waals surface area contributed by atoms with Gasteiger partial charge in [-0.15, -0.1) is 22.7 Å². The number of nitrogens with zero attached hydrogens (tertiary/aromatic N) is 3. The molecule has 2 atom stereocenters. The Morgan fingerprint density at radius 2 is 1.97 bits per heavy atom. The quantitative estimate of drug-likeness (QED) is 0.578. The molecule has 1 N–H and O–H groups in total. The molecule has 3 heterocycles. The first-order valence-electron chi connectivity index (χ1n) is 11.3. The fourth-order valence-corrected chi connectivity index (χ4v) is 7.05.